The van der Waals surface area contributed by atoms with Crippen molar-refractivity contribution in [3.05, 3.63) is 53.9 Å². The maximum Gasteiger partial charge on any atom is 0.389 e. The minimum atomic E-state index is -3.02. The van der Waals surface area contributed by atoms with Crippen LogP contribution in [-0.4, -0.2) is 44.4 Å². The van der Waals surface area contributed by atoms with Crippen molar-refractivity contribution in [3.63, 3.8) is 0 Å². The average Bonchev–Trinajstić information content (AvgIpc) is 3.45. The summed E-state index contributed by atoms with van der Waals surface area (Å²) in [6.07, 6.45) is 4.21. The molecule has 0 radical (unpaired) electrons. The van der Waals surface area contributed by atoms with E-state index in [0.29, 0.717) is 46.3 Å². The zero-order valence-corrected chi connectivity index (χ0v) is 16.8. The first-order valence-corrected chi connectivity index (χ1v) is 10.0. The molecule has 9 nitrogen and oxygen atoms in total. The molecule has 4 aromatic rings. The van der Waals surface area contributed by atoms with Crippen LogP contribution in [0.5, 0.6) is 17.5 Å². The average molecular weight is 456 g/mol. The number of fused-ring (bicyclic) bond motifs is 3. The van der Waals surface area contributed by atoms with Gasteiger partial charge in [0.2, 0.25) is 0 Å². The predicted octanol–water partition coefficient (Wildman–Crippen LogP) is 3.41. The summed E-state index contributed by atoms with van der Waals surface area (Å²) in [6, 6.07) is 4.33. The Hall–Kier alpha value is -4.09. The zero-order chi connectivity index (χ0) is 22.5. The van der Waals surface area contributed by atoms with Crippen LogP contribution in [0, 0.1) is 5.82 Å². The van der Waals surface area contributed by atoms with Crippen LogP contribution in [0.25, 0.3) is 16.8 Å². The monoisotopic (exact) mass is 456 g/mol. The van der Waals surface area contributed by atoms with Gasteiger partial charge < -0.3 is 19.5 Å². The molecule has 1 aromatic carbocycles. The maximum absolute atomic E-state index is 14.7. The molecule has 2 aliphatic heterocycles. The molecule has 1 atom stereocenters. The lowest BCUT2D eigenvalue weighted by Gasteiger charge is -2.16. The molecular weight excluding hydrogens is 441 g/mol. The molecule has 0 spiro atoms. The number of aromatic nitrogens is 5. The molecule has 0 saturated carbocycles. The van der Waals surface area contributed by atoms with Crippen molar-refractivity contribution in [2.24, 2.45) is 0 Å². The Balaban J connectivity index is 1.44. The summed E-state index contributed by atoms with van der Waals surface area (Å²) in [6.45, 7) is -2.15. The van der Waals surface area contributed by atoms with Crippen molar-refractivity contribution in [1.29, 1.82) is 0 Å². The van der Waals surface area contributed by atoms with E-state index in [0.717, 1.165) is 5.56 Å². The van der Waals surface area contributed by atoms with Gasteiger partial charge in [0, 0.05) is 41.2 Å². The minimum Gasteiger partial charge on any atom is -0.493 e. The molecule has 3 aromatic heterocycles. The first-order chi connectivity index (χ1) is 16.1. The SMILES string of the molecule is Fc1ccc2c3c1CNc1c(cc(-c4cnc(OC(F)F)nc4)c4nncn14)OC[C@@H]3CO2. The van der Waals surface area contributed by atoms with Crippen LogP contribution in [-0.2, 0) is 6.54 Å². The number of pyridine rings is 1. The Morgan fingerprint density at radius 1 is 1.12 bits per heavy atom. The minimum absolute atomic E-state index is 0.132. The molecule has 168 valence electrons. The van der Waals surface area contributed by atoms with E-state index in [-0.39, 0.29) is 24.9 Å². The van der Waals surface area contributed by atoms with Crippen molar-refractivity contribution in [2.75, 3.05) is 18.5 Å². The Morgan fingerprint density at radius 3 is 2.70 bits per heavy atom. The number of anilines is 1. The molecule has 12 heteroatoms. The summed E-state index contributed by atoms with van der Waals surface area (Å²) >= 11 is 0. The highest BCUT2D eigenvalue weighted by molar-refractivity contribution is 5.81. The second-order valence-electron chi connectivity index (χ2n) is 7.54. The predicted molar refractivity (Wildman–Crippen MR) is 108 cm³/mol. The standard InChI is InChI=1S/C21H15F3N6O3/c22-14-1-2-15-17-11(7-31-15)8-32-16-3-12(10-4-26-21(27-5-10)33-20(23)24)18-29-28-9-30(18)19(16)25-6-13(14)17/h1-5,9,11,20,25H,6-8H2/t11-/m0/s1. The fourth-order valence-electron chi connectivity index (χ4n) is 4.19. The van der Waals surface area contributed by atoms with Crippen LogP contribution in [0.4, 0.5) is 19.0 Å². The van der Waals surface area contributed by atoms with E-state index in [1.807, 2.05) is 0 Å². The van der Waals surface area contributed by atoms with E-state index < -0.39 is 12.6 Å². The summed E-state index contributed by atoms with van der Waals surface area (Å²) in [5.41, 5.74) is 2.86. The summed E-state index contributed by atoms with van der Waals surface area (Å²) < 4.78 is 57.3. The smallest absolute Gasteiger partial charge is 0.389 e. The molecule has 5 heterocycles. The van der Waals surface area contributed by atoms with Gasteiger partial charge in [-0.15, -0.1) is 10.2 Å². The number of hydrogen-bond donors (Lipinski definition) is 1. The van der Waals surface area contributed by atoms with Gasteiger partial charge in [-0.25, -0.2) is 14.4 Å². The number of ether oxygens (including phenoxy) is 3. The number of halogens is 3. The van der Waals surface area contributed by atoms with Crippen molar-refractivity contribution in [1.82, 2.24) is 24.6 Å². The number of hydrogen-bond acceptors (Lipinski definition) is 8. The molecule has 2 aliphatic rings. The van der Waals surface area contributed by atoms with Crippen molar-refractivity contribution in [2.45, 2.75) is 19.1 Å². The van der Waals surface area contributed by atoms with Gasteiger partial charge in [-0.2, -0.15) is 8.78 Å². The fraction of sp³-hybridized carbons (Fsp3) is 0.238. The van der Waals surface area contributed by atoms with Gasteiger partial charge in [-0.1, -0.05) is 0 Å². The van der Waals surface area contributed by atoms with E-state index in [1.54, 1.807) is 16.5 Å². The summed E-state index contributed by atoms with van der Waals surface area (Å²) in [7, 11) is 0. The van der Waals surface area contributed by atoms with Crippen LogP contribution in [0.15, 0.2) is 36.9 Å². The van der Waals surface area contributed by atoms with E-state index in [9.17, 15) is 13.2 Å². The third kappa shape index (κ3) is 3.25. The first kappa shape index (κ1) is 19.6. The van der Waals surface area contributed by atoms with Crippen LogP contribution >= 0.6 is 0 Å². The number of benzene rings is 1. The van der Waals surface area contributed by atoms with Gasteiger partial charge in [-0.3, -0.25) is 4.40 Å². The molecule has 0 bridgehead atoms. The topological polar surface area (TPSA) is 95.7 Å². The first-order valence-electron chi connectivity index (χ1n) is 10.0. The second-order valence-corrected chi connectivity index (χ2v) is 7.54. The summed E-state index contributed by atoms with van der Waals surface area (Å²) in [4.78, 5) is 7.66. The van der Waals surface area contributed by atoms with Gasteiger partial charge in [0.05, 0.1) is 19.1 Å². The molecule has 0 fully saturated rings. The van der Waals surface area contributed by atoms with Crippen LogP contribution in [0.2, 0.25) is 0 Å². The summed E-state index contributed by atoms with van der Waals surface area (Å²) in [5, 5.41) is 11.4. The third-order valence-electron chi connectivity index (χ3n) is 5.65. The van der Waals surface area contributed by atoms with Crippen LogP contribution in [0.1, 0.15) is 17.0 Å². The van der Waals surface area contributed by atoms with Crippen LogP contribution < -0.4 is 19.5 Å². The molecular formula is C21H15F3N6O3. The van der Waals surface area contributed by atoms with Crippen molar-refractivity contribution in [3.8, 4) is 28.6 Å². The molecule has 0 unspecified atom stereocenters. The highest BCUT2D eigenvalue weighted by Gasteiger charge is 2.31. The Morgan fingerprint density at radius 2 is 1.91 bits per heavy atom. The normalized spacial score (nSPS) is 16.7. The van der Waals surface area contributed by atoms with E-state index in [4.69, 9.17) is 9.47 Å². The quantitative estimate of drug-likeness (QED) is 0.501. The van der Waals surface area contributed by atoms with Gasteiger partial charge in [0.15, 0.2) is 17.2 Å². The highest BCUT2D eigenvalue weighted by atomic mass is 19.3. The van der Waals surface area contributed by atoms with Crippen LogP contribution in [0.3, 0.4) is 0 Å². The Labute approximate surface area is 184 Å². The maximum atomic E-state index is 14.7. The van der Waals surface area contributed by atoms with Gasteiger partial charge in [0.1, 0.15) is 17.9 Å². The molecule has 1 N–H and O–H groups in total. The molecule has 33 heavy (non-hydrogen) atoms. The zero-order valence-electron chi connectivity index (χ0n) is 16.8. The molecule has 0 saturated heterocycles. The molecule has 0 amide bonds. The molecule has 0 aliphatic carbocycles. The lowest BCUT2D eigenvalue weighted by molar-refractivity contribution is -0.0560. The number of nitrogens with zero attached hydrogens (tertiary/aromatic N) is 5. The second kappa shape index (κ2) is 7.50. The summed E-state index contributed by atoms with van der Waals surface area (Å²) in [5.74, 6) is 1.24. The van der Waals surface area contributed by atoms with Crippen molar-refractivity contribution >= 4 is 11.5 Å². The third-order valence-corrected chi connectivity index (χ3v) is 5.65. The van der Waals surface area contributed by atoms with E-state index >= 15 is 0 Å². The largest absolute Gasteiger partial charge is 0.493 e. The van der Waals surface area contributed by atoms with E-state index in [2.05, 4.69) is 30.2 Å². The number of alkyl halides is 2. The number of nitrogens with one attached hydrogen (secondary N) is 1. The highest BCUT2D eigenvalue weighted by Crippen LogP contribution is 2.41. The van der Waals surface area contributed by atoms with E-state index in [1.165, 1.54) is 24.8 Å². The fourth-order valence-corrected chi connectivity index (χ4v) is 4.19. The lowest BCUT2D eigenvalue weighted by Crippen LogP contribution is -2.13. The van der Waals surface area contributed by atoms with Gasteiger partial charge in [0.25, 0.3) is 0 Å². The van der Waals surface area contributed by atoms with Gasteiger partial charge in [-0.05, 0) is 18.2 Å². The van der Waals surface area contributed by atoms with Crippen molar-refractivity contribution < 1.29 is 27.4 Å². The Bertz CT molecular complexity index is 1360. The lowest BCUT2D eigenvalue weighted by atomic mass is 9.96. The Kier molecular flexibility index (Phi) is 4.45. The number of rotatable bonds is 3. The van der Waals surface area contributed by atoms with Gasteiger partial charge >= 0.3 is 12.6 Å². The molecule has 6 rings (SSSR count).